The predicted octanol–water partition coefficient (Wildman–Crippen LogP) is 2.62. The summed E-state index contributed by atoms with van der Waals surface area (Å²) in [6.45, 7) is 9.88. The van der Waals surface area contributed by atoms with Crippen LogP contribution in [0.3, 0.4) is 0 Å². The Hall–Kier alpha value is -1.04. The van der Waals surface area contributed by atoms with Crippen LogP contribution in [0.15, 0.2) is 0 Å². The fraction of sp³-hybridized carbons (Fsp3) is 0.833. The summed E-state index contributed by atoms with van der Waals surface area (Å²) in [5.41, 5.74) is -0.713. The predicted molar refractivity (Wildman–Crippen MR) is 61.1 cm³/mol. The van der Waals surface area contributed by atoms with Crippen molar-refractivity contribution in [2.75, 3.05) is 0 Å². The van der Waals surface area contributed by atoms with E-state index in [0.717, 1.165) is 0 Å². The van der Waals surface area contributed by atoms with Gasteiger partial charge in [0, 0.05) is 6.42 Å². The van der Waals surface area contributed by atoms with Crippen LogP contribution in [0.1, 0.15) is 53.9 Å². The number of nitrogens with zero attached hydrogens (tertiary/aromatic N) is 1. The molecule has 0 aromatic carbocycles. The maximum Gasteiger partial charge on any atom is 0.221 e. The minimum absolute atomic E-state index is 0.0345. The van der Waals surface area contributed by atoms with Crippen molar-refractivity contribution in [2.45, 2.75) is 59.4 Å². The summed E-state index contributed by atoms with van der Waals surface area (Å²) in [6.07, 6.45) is 1.75. The van der Waals surface area contributed by atoms with Crippen molar-refractivity contribution in [3.8, 4) is 6.07 Å². The Kier molecular flexibility index (Phi) is 4.80. The fourth-order valence-corrected chi connectivity index (χ4v) is 1.41. The van der Waals surface area contributed by atoms with Crippen LogP contribution < -0.4 is 5.32 Å². The lowest BCUT2D eigenvalue weighted by atomic mass is 9.89. The molecule has 0 bridgehead atoms. The van der Waals surface area contributed by atoms with Gasteiger partial charge in [-0.2, -0.15) is 5.26 Å². The second-order valence-corrected chi connectivity index (χ2v) is 5.19. The van der Waals surface area contributed by atoms with Crippen molar-refractivity contribution in [3.05, 3.63) is 0 Å². The lowest BCUT2D eigenvalue weighted by Gasteiger charge is -2.27. The summed E-state index contributed by atoms with van der Waals surface area (Å²) >= 11 is 0. The van der Waals surface area contributed by atoms with E-state index in [0.29, 0.717) is 19.3 Å². The van der Waals surface area contributed by atoms with Crippen LogP contribution in [0.4, 0.5) is 0 Å². The van der Waals surface area contributed by atoms with E-state index in [1.165, 1.54) is 0 Å². The molecule has 0 rings (SSSR count). The maximum absolute atomic E-state index is 11.7. The first-order valence-electron chi connectivity index (χ1n) is 5.51. The van der Waals surface area contributed by atoms with E-state index in [4.69, 9.17) is 5.26 Å². The summed E-state index contributed by atoms with van der Waals surface area (Å²) in [4.78, 5) is 11.7. The SMILES string of the molecule is CCC(C#N)(CC)NC(=O)CC(C)(C)C. The number of carbonyl (C=O) groups excluding carboxylic acids is 1. The summed E-state index contributed by atoms with van der Waals surface area (Å²) in [7, 11) is 0. The maximum atomic E-state index is 11.7. The largest absolute Gasteiger partial charge is 0.338 e. The van der Waals surface area contributed by atoms with Gasteiger partial charge < -0.3 is 5.32 Å². The normalized spacial score (nSPS) is 12.0. The van der Waals surface area contributed by atoms with E-state index < -0.39 is 5.54 Å². The lowest BCUT2D eigenvalue weighted by Crippen LogP contribution is -2.47. The van der Waals surface area contributed by atoms with Crippen LogP contribution in [-0.2, 0) is 4.79 Å². The molecule has 0 saturated heterocycles. The Balaban J connectivity index is 4.45. The van der Waals surface area contributed by atoms with Crippen LogP contribution in [-0.4, -0.2) is 11.4 Å². The molecule has 0 atom stereocenters. The first-order chi connectivity index (χ1) is 6.78. The monoisotopic (exact) mass is 210 g/mol. The third-order valence-corrected chi connectivity index (χ3v) is 2.49. The molecule has 0 aromatic rings. The van der Waals surface area contributed by atoms with Gasteiger partial charge in [0.05, 0.1) is 6.07 Å². The number of hydrogen-bond donors (Lipinski definition) is 1. The molecule has 0 saturated carbocycles. The lowest BCUT2D eigenvalue weighted by molar-refractivity contribution is -0.124. The highest BCUT2D eigenvalue weighted by molar-refractivity contribution is 5.77. The van der Waals surface area contributed by atoms with Gasteiger partial charge in [-0.25, -0.2) is 0 Å². The van der Waals surface area contributed by atoms with Crippen molar-refractivity contribution in [1.29, 1.82) is 5.26 Å². The number of carbonyl (C=O) groups is 1. The van der Waals surface area contributed by atoms with E-state index in [9.17, 15) is 4.79 Å². The van der Waals surface area contributed by atoms with Crippen LogP contribution in [0, 0.1) is 16.7 Å². The summed E-state index contributed by atoms with van der Waals surface area (Å²) < 4.78 is 0. The average Bonchev–Trinajstić information content (AvgIpc) is 2.11. The van der Waals surface area contributed by atoms with Gasteiger partial charge in [-0.3, -0.25) is 4.79 Å². The minimum atomic E-state index is -0.678. The molecule has 3 nitrogen and oxygen atoms in total. The molecule has 0 aliphatic carbocycles. The molecule has 0 aliphatic heterocycles. The molecule has 0 radical (unpaired) electrons. The molecule has 1 N–H and O–H groups in total. The zero-order chi connectivity index (χ0) is 12.1. The Bertz CT molecular complexity index is 254. The van der Waals surface area contributed by atoms with E-state index in [1.54, 1.807) is 0 Å². The van der Waals surface area contributed by atoms with Crippen LogP contribution >= 0.6 is 0 Å². The number of nitriles is 1. The zero-order valence-corrected chi connectivity index (χ0v) is 10.5. The van der Waals surface area contributed by atoms with Crippen molar-refractivity contribution in [3.63, 3.8) is 0 Å². The Morgan fingerprint density at radius 3 is 2.00 bits per heavy atom. The zero-order valence-electron chi connectivity index (χ0n) is 10.5. The first-order valence-corrected chi connectivity index (χ1v) is 5.51. The van der Waals surface area contributed by atoms with Crippen molar-refractivity contribution < 1.29 is 4.79 Å². The fourth-order valence-electron chi connectivity index (χ4n) is 1.41. The Morgan fingerprint density at radius 2 is 1.73 bits per heavy atom. The smallest absolute Gasteiger partial charge is 0.221 e. The molecule has 0 unspecified atom stereocenters. The topological polar surface area (TPSA) is 52.9 Å². The Labute approximate surface area is 92.9 Å². The van der Waals surface area contributed by atoms with Gasteiger partial charge in [0.1, 0.15) is 5.54 Å². The van der Waals surface area contributed by atoms with Crippen LogP contribution in [0.2, 0.25) is 0 Å². The van der Waals surface area contributed by atoms with Gasteiger partial charge in [0.25, 0.3) is 0 Å². The van der Waals surface area contributed by atoms with Gasteiger partial charge in [0.15, 0.2) is 0 Å². The van der Waals surface area contributed by atoms with E-state index in [1.807, 2.05) is 34.6 Å². The first kappa shape index (κ1) is 14.0. The van der Waals surface area contributed by atoms with Gasteiger partial charge in [-0.1, -0.05) is 34.6 Å². The van der Waals surface area contributed by atoms with Gasteiger partial charge in [-0.15, -0.1) is 0 Å². The number of rotatable bonds is 4. The molecule has 0 fully saturated rings. The molecular formula is C12H22N2O. The number of hydrogen-bond acceptors (Lipinski definition) is 2. The molecule has 0 aromatic heterocycles. The van der Waals surface area contributed by atoms with E-state index in [2.05, 4.69) is 11.4 Å². The summed E-state index contributed by atoms with van der Waals surface area (Å²) in [5.74, 6) is -0.0345. The summed E-state index contributed by atoms with van der Waals surface area (Å²) in [5, 5.41) is 11.9. The second-order valence-electron chi connectivity index (χ2n) is 5.19. The highest BCUT2D eigenvalue weighted by Crippen LogP contribution is 2.20. The average molecular weight is 210 g/mol. The molecule has 3 heteroatoms. The standard InChI is InChI=1S/C12H22N2O/c1-6-12(7-2,9-13)14-10(15)8-11(3,4)5/h6-8H2,1-5H3,(H,14,15). The summed E-state index contributed by atoms with van der Waals surface area (Å²) in [6, 6.07) is 2.20. The van der Waals surface area contributed by atoms with Crippen molar-refractivity contribution in [1.82, 2.24) is 5.32 Å². The minimum Gasteiger partial charge on any atom is -0.338 e. The third kappa shape index (κ3) is 4.83. The molecule has 0 spiro atoms. The van der Waals surface area contributed by atoms with Crippen LogP contribution in [0.25, 0.3) is 0 Å². The van der Waals surface area contributed by atoms with E-state index >= 15 is 0 Å². The van der Waals surface area contributed by atoms with Gasteiger partial charge >= 0.3 is 0 Å². The molecular weight excluding hydrogens is 188 g/mol. The number of amides is 1. The van der Waals surface area contributed by atoms with Crippen molar-refractivity contribution >= 4 is 5.91 Å². The Morgan fingerprint density at radius 1 is 1.27 bits per heavy atom. The molecule has 1 amide bonds. The second kappa shape index (κ2) is 5.16. The van der Waals surface area contributed by atoms with Gasteiger partial charge in [-0.05, 0) is 18.3 Å². The quantitative estimate of drug-likeness (QED) is 0.775. The highest BCUT2D eigenvalue weighted by atomic mass is 16.1. The van der Waals surface area contributed by atoms with Gasteiger partial charge in [0.2, 0.25) is 5.91 Å². The van der Waals surface area contributed by atoms with Crippen LogP contribution in [0.5, 0.6) is 0 Å². The number of nitrogens with one attached hydrogen (secondary N) is 1. The third-order valence-electron chi connectivity index (χ3n) is 2.49. The van der Waals surface area contributed by atoms with E-state index in [-0.39, 0.29) is 11.3 Å². The molecule has 86 valence electrons. The molecule has 0 heterocycles. The molecule has 15 heavy (non-hydrogen) atoms. The molecule has 0 aliphatic rings. The van der Waals surface area contributed by atoms with Crippen molar-refractivity contribution in [2.24, 2.45) is 5.41 Å². The highest BCUT2D eigenvalue weighted by Gasteiger charge is 2.29.